The van der Waals surface area contributed by atoms with Crippen LogP contribution in [0.5, 0.6) is 11.5 Å². The summed E-state index contributed by atoms with van der Waals surface area (Å²) in [4.78, 5) is 15.2. The Morgan fingerprint density at radius 2 is 1.39 bits per heavy atom. The number of hydrogen-bond donors (Lipinski definition) is 1. The van der Waals surface area contributed by atoms with E-state index in [1.165, 1.54) is 5.56 Å². The second-order valence-electron chi connectivity index (χ2n) is 14.6. The second-order valence-corrected chi connectivity index (χ2v) is 18.8. The number of para-hydroxylation sites is 3. The number of aryl methyl sites for hydroxylation is 1. The SMILES string of the molecule is C[SiH](C)OC(CCc1cccc(SC(C)(C)C)c1NC(=O)CC1c2ccccc2Oc2ccccc21)(c1ccccc1)C(C)(C)C. The molecule has 1 aliphatic rings. The summed E-state index contributed by atoms with van der Waals surface area (Å²) in [6, 6.07) is 33.3. The standard InChI is InChI=1S/C40H49NO3SSi/c1-38(2,3)40(44-46(7)8,29-18-10-9-11-19-29)26-25-28-17-16-24-35(45-39(4,5)6)37(28)41-36(42)27-32-30-20-12-14-22-33(30)43-34-23-15-13-21-31(32)34/h9-24,32,46H,25-27H2,1-8H3,(H,41,42). The van der Waals surface area contributed by atoms with E-state index in [-0.39, 0.29) is 22.0 Å². The van der Waals surface area contributed by atoms with E-state index in [1.54, 1.807) is 11.8 Å². The molecule has 1 heterocycles. The molecule has 4 aromatic rings. The summed E-state index contributed by atoms with van der Waals surface area (Å²) in [6.45, 7) is 18.0. The van der Waals surface area contributed by atoms with Gasteiger partial charge in [-0.1, -0.05) is 120 Å². The van der Waals surface area contributed by atoms with E-state index in [1.807, 2.05) is 36.4 Å². The van der Waals surface area contributed by atoms with E-state index in [2.05, 4.69) is 121 Å². The fourth-order valence-electron chi connectivity index (χ4n) is 6.62. The van der Waals surface area contributed by atoms with Crippen molar-refractivity contribution in [2.45, 2.75) is 95.1 Å². The number of carbonyl (C=O) groups excluding carboxylic acids is 1. The first-order chi connectivity index (χ1) is 21.8. The fourth-order valence-corrected chi connectivity index (χ4v) is 9.13. The van der Waals surface area contributed by atoms with Gasteiger partial charge in [-0.05, 0) is 60.7 Å². The minimum Gasteiger partial charge on any atom is -0.457 e. The Bertz CT molecular complexity index is 1610. The van der Waals surface area contributed by atoms with Gasteiger partial charge in [-0.15, -0.1) is 11.8 Å². The van der Waals surface area contributed by atoms with E-state index < -0.39 is 14.6 Å². The lowest BCUT2D eigenvalue weighted by Gasteiger charge is -2.47. The van der Waals surface area contributed by atoms with Gasteiger partial charge >= 0.3 is 0 Å². The van der Waals surface area contributed by atoms with Crippen LogP contribution in [0.25, 0.3) is 0 Å². The summed E-state index contributed by atoms with van der Waals surface area (Å²) < 4.78 is 13.2. The van der Waals surface area contributed by atoms with Crippen LogP contribution in [0.1, 0.15) is 82.6 Å². The first kappa shape index (κ1) is 34.0. The Hall–Kier alpha value is -3.32. The number of ether oxygens (including phenoxy) is 1. The molecule has 46 heavy (non-hydrogen) atoms. The van der Waals surface area contributed by atoms with Gasteiger partial charge in [0.1, 0.15) is 11.5 Å². The molecule has 0 saturated heterocycles. The van der Waals surface area contributed by atoms with Crippen LogP contribution in [0.3, 0.4) is 0 Å². The third-order valence-electron chi connectivity index (χ3n) is 8.63. The smallest absolute Gasteiger partial charge is 0.225 e. The zero-order valence-corrected chi connectivity index (χ0v) is 30.6. The summed E-state index contributed by atoms with van der Waals surface area (Å²) in [5, 5.41) is 3.43. The topological polar surface area (TPSA) is 47.6 Å². The third-order valence-corrected chi connectivity index (χ3v) is 10.7. The maximum Gasteiger partial charge on any atom is 0.225 e. The van der Waals surface area contributed by atoms with E-state index in [4.69, 9.17) is 9.16 Å². The average molecular weight is 652 g/mol. The molecule has 5 rings (SSSR count). The highest BCUT2D eigenvalue weighted by atomic mass is 32.2. The zero-order valence-electron chi connectivity index (χ0n) is 28.6. The summed E-state index contributed by atoms with van der Waals surface area (Å²) in [5.41, 5.74) is 4.75. The molecule has 0 fully saturated rings. The second kappa shape index (κ2) is 13.8. The van der Waals surface area contributed by atoms with Crippen LogP contribution < -0.4 is 10.1 Å². The molecule has 0 bridgehead atoms. The normalized spacial score (nSPS) is 14.6. The summed E-state index contributed by atoms with van der Waals surface area (Å²) in [5.74, 6) is 1.53. The van der Waals surface area contributed by atoms with Crippen LogP contribution in [0, 0.1) is 5.41 Å². The van der Waals surface area contributed by atoms with Crippen molar-refractivity contribution in [3.8, 4) is 11.5 Å². The van der Waals surface area contributed by atoms with Crippen molar-refractivity contribution in [1.82, 2.24) is 0 Å². The minimum absolute atomic E-state index is 0.00398. The number of fused-ring (bicyclic) bond motifs is 2. The van der Waals surface area contributed by atoms with Crippen molar-refractivity contribution in [3.63, 3.8) is 0 Å². The van der Waals surface area contributed by atoms with Crippen molar-refractivity contribution >= 4 is 32.4 Å². The molecule has 0 spiro atoms. The number of amides is 1. The molecule has 1 aliphatic heterocycles. The van der Waals surface area contributed by atoms with Crippen molar-refractivity contribution in [3.05, 3.63) is 119 Å². The zero-order chi connectivity index (χ0) is 33.1. The van der Waals surface area contributed by atoms with Gasteiger partial charge in [0.2, 0.25) is 5.91 Å². The maximum absolute atomic E-state index is 14.1. The molecular formula is C40H49NO3SSi. The van der Waals surface area contributed by atoms with Crippen LogP contribution in [0.2, 0.25) is 13.1 Å². The van der Waals surface area contributed by atoms with Crippen molar-refractivity contribution in [2.24, 2.45) is 5.41 Å². The molecule has 0 radical (unpaired) electrons. The van der Waals surface area contributed by atoms with Crippen molar-refractivity contribution in [2.75, 3.05) is 5.32 Å². The van der Waals surface area contributed by atoms with Gasteiger partial charge in [0.05, 0.1) is 11.3 Å². The number of hydrogen-bond acceptors (Lipinski definition) is 4. The van der Waals surface area contributed by atoms with Crippen LogP contribution in [0.15, 0.2) is 102 Å². The van der Waals surface area contributed by atoms with E-state index in [0.29, 0.717) is 6.42 Å². The summed E-state index contributed by atoms with van der Waals surface area (Å²) >= 11 is 1.79. The van der Waals surface area contributed by atoms with Crippen molar-refractivity contribution < 1.29 is 14.0 Å². The first-order valence-electron chi connectivity index (χ1n) is 16.5. The van der Waals surface area contributed by atoms with Crippen LogP contribution in [-0.2, 0) is 21.2 Å². The molecule has 4 aromatic carbocycles. The molecule has 0 aromatic heterocycles. The predicted molar refractivity (Wildman–Crippen MR) is 196 cm³/mol. The van der Waals surface area contributed by atoms with E-state index in [9.17, 15) is 4.79 Å². The molecule has 1 N–H and O–H groups in total. The van der Waals surface area contributed by atoms with Gasteiger partial charge in [-0.3, -0.25) is 4.79 Å². The van der Waals surface area contributed by atoms with Gasteiger partial charge in [-0.2, -0.15) is 0 Å². The van der Waals surface area contributed by atoms with Gasteiger partial charge in [-0.25, -0.2) is 0 Å². The molecule has 242 valence electrons. The minimum atomic E-state index is -1.43. The highest BCUT2D eigenvalue weighted by Gasteiger charge is 2.44. The molecular weight excluding hydrogens is 603 g/mol. The lowest BCUT2D eigenvalue weighted by molar-refractivity contribution is -0.116. The lowest BCUT2D eigenvalue weighted by atomic mass is 9.69. The van der Waals surface area contributed by atoms with Crippen LogP contribution >= 0.6 is 11.8 Å². The van der Waals surface area contributed by atoms with Crippen molar-refractivity contribution in [1.29, 1.82) is 0 Å². The lowest BCUT2D eigenvalue weighted by Crippen LogP contribution is -2.45. The monoisotopic (exact) mass is 651 g/mol. The molecule has 1 atom stereocenters. The van der Waals surface area contributed by atoms with E-state index >= 15 is 0 Å². The Balaban J connectivity index is 1.50. The molecule has 1 amide bonds. The first-order valence-corrected chi connectivity index (χ1v) is 20.1. The number of anilines is 1. The number of rotatable bonds is 10. The number of thioether (sulfide) groups is 1. The largest absolute Gasteiger partial charge is 0.457 e. The number of carbonyl (C=O) groups is 1. The Morgan fingerprint density at radius 3 is 1.96 bits per heavy atom. The Kier molecular flexibility index (Phi) is 10.2. The Labute approximate surface area is 282 Å². The van der Waals surface area contributed by atoms with Gasteiger partial charge in [0.25, 0.3) is 0 Å². The summed E-state index contributed by atoms with van der Waals surface area (Å²) in [6.07, 6.45) is 1.90. The molecule has 0 saturated carbocycles. The highest BCUT2D eigenvalue weighted by molar-refractivity contribution is 8.00. The van der Waals surface area contributed by atoms with Gasteiger partial charge in [0, 0.05) is 33.1 Å². The van der Waals surface area contributed by atoms with Crippen LogP contribution in [-0.4, -0.2) is 19.7 Å². The molecule has 6 heteroatoms. The fraction of sp³-hybridized carbons (Fsp3) is 0.375. The molecule has 0 aliphatic carbocycles. The van der Waals surface area contributed by atoms with Crippen LogP contribution in [0.4, 0.5) is 5.69 Å². The predicted octanol–water partition coefficient (Wildman–Crippen LogP) is 10.7. The average Bonchev–Trinajstić information content (AvgIpc) is 2.99. The number of benzene rings is 4. The maximum atomic E-state index is 14.1. The third kappa shape index (κ3) is 7.62. The molecule has 4 nitrogen and oxygen atoms in total. The van der Waals surface area contributed by atoms with Gasteiger partial charge in [0.15, 0.2) is 9.04 Å². The van der Waals surface area contributed by atoms with Gasteiger partial charge < -0.3 is 14.5 Å². The Morgan fingerprint density at radius 1 is 0.804 bits per heavy atom. The van der Waals surface area contributed by atoms with E-state index in [0.717, 1.165) is 51.6 Å². The number of nitrogens with one attached hydrogen (secondary N) is 1. The highest BCUT2D eigenvalue weighted by Crippen LogP contribution is 2.49. The summed E-state index contributed by atoms with van der Waals surface area (Å²) in [7, 11) is -1.43. The quantitative estimate of drug-likeness (QED) is 0.137. The molecule has 1 unspecified atom stereocenters.